The van der Waals surface area contributed by atoms with Gasteiger partial charge in [-0.1, -0.05) is 62.1 Å². The predicted octanol–water partition coefficient (Wildman–Crippen LogP) is 6.88. The molecule has 0 radical (unpaired) electrons. The number of hydrogen-bond acceptors (Lipinski definition) is 4. The summed E-state index contributed by atoms with van der Waals surface area (Å²) in [6, 6.07) is 10.3. The minimum absolute atomic E-state index is 0.247. The summed E-state index contributed by atoms with van der Waals surface area (Å²) in [5.41, 5.74) is 0.865. The molecule has 0 saturated carbocycles. The van der Waals surface area contributed by atoms with E-state index in [2.05, 4.69) is 16.6 Å². The van der Waals surface area contributed by atoms with Gasteiger partial charge in [0.15, 0.2) is 0 Å². The van der Waals surface area contributed by atoms with E-state index < -0.39 is 41.1 Å². The van der Waals surface area contributed by atoms with Crippen molar-refractivity contribution < 1.29 is 19.1 Å². The van der Waals surface area contributed by atoms with Crippen molar-refractivity contribution in [2.24, 2.45) is 5.92 Å². The van der Waals surface area contributed by atoms with E-state index in [4.69, 9.17) is 22.8 Å². The smallest absolute Gasteiger partial charge is 0.408 e. The molecule has 8 heteroatoms. The molecule has 0 bridgehead atoms. The molecule has 0 aliphatic rings. The maximum absolute atomic E-state index is 14.4. The third kappa shape index (κ3) is 8.50. The van der Waals surface area contributed by atoms with Crippen molar-refractivity contribution in [3.05, 3.63) is 64.2 Å². The molecular weight excluding hydrogens is 526 g/mol. The van der Waals surface area contributed by atoms with E-state index in [-0.39, 0.29) is 5.92 Å². The van der Waals surface area contributed by atoms with Crippen LogP contribution in [0.4, 0.5) is 10.5 Å². The van der Waals surface area contributed by atoms with Crippen molar-refractivity contribution in [1.82, 2.24) is 10.2 Å². The van der Waals surface area contributed by atoms with E-state index in [1.54, 1.807) is 57.2 Å². The summed E-state index contributed by atoms with van der Waals surface area (Å²) in [6.45, 7) is 16.5. The van der Waals surface area contributed by atoms with Crippen molar-refractivity contribution in [3.63, 3.8) is 0 Å². The molecule has 0 aliphatic heterocycles. The molecule has 0 fully saturated rings. The number of rotatable bonds is 8. The highest BCUT2D eigenvalue weighted by molar-refractivity contribution is 6.34. The van der Waals surface area contributed by atoms with E-state index in [0.29, 0.717) is 28.3 Å². The third-order valence-electron chi connectivity index (χ3n) is 6.48. The van der Waals surface area contributed by atoms with Gasteiger partial charge in [0.2, 0.25) is 5.91 Å². The van der Waals surface area contributed by atoms with E-state index >= 15 is 0 Å². The molecule has 0 spiro atoms. The van der Waals surface area contributed by atoms with Crippen LogP contribution in [0.2, 0.25) is 5.02 Å². The zero-order valence-electron chi connectivity index (χ0n) is 25.0. The summed E-state index contributed by atoms with van der Waals surface area (Å²) in [5.74, 6) is 1.47. The second-order valence-electron chi connectivity index (χ2n) is 12.0. The van der Waals surface area contributed by atoms with Crippen LogP contribution >= 0.6 is 11.6 Å². The Kier molecular flexibility index (Phi) is 10.8. The minimum atomic E-state index is -1.07. The Morgan fingerprint density at radius 2 is 1.65 bits per heavy atom. The molecule has 40 heavy (non-hydrogen) atoms. The van der Waals surface area contributed by atoms with Gasteiger partial charge in [-0.25, -0.2) is 4.79 Å². The topological polar surface area (TPSA) is 87.7 Å². The predicted molar refractivity (Wildman–Crippen MR) is 161 cm³/mol. The van der Waals surface area contributed by atoms with E-state index in [1.807, 2.05) is 47.6 Å². The van der Waals surface area contributed by atoms with Gasteiger partial charge in [0.05, 0.1) is 10.7 Å². The highest BCUT2D eigenvalue weighted by Crippen LogP contribution is 2.34. The molecule has 2 N–H and O–H groups in total. The minimum Gasteiger partial charge on any atom is -0.444 e. The summed E-state index contributed by atoms with van der Waals surface area (Å²) in [5, 5.41) is 6.11. The lowest BCUT2D eigenvalue weighted by Crippen LogP contribution is -2.59. The lowest BCUT2D eigenvalue weighted by atomic mass is 9.91. The Morgan fingerprint density at radius 1 is 1.05 bits per heavy atom. The van der Waals surface area contributed by atoms with E-state index in [0.717, 1.165) is 5.56 Å². The van der Waals surface area contributed by atoms with Gasteiger partial charge < -0.3 is 20.3 Å². The maximum Gasteiger partial charge on any atom is 0.408 e. The fourth-order valence-electron chi connectivity index (χ4n) is 4.27. The molecule has 7 nitrogen and oxygen atoms in total. The van der Waals surface area contributed by atoms with Gasteiger partial charge >= 0.3 is 6.09 Å². The molecule has 0 aliphatic carbocycles. The van der Waals surface area contributed by atoms with Crippen molar-refractivity contribution in [3.8, 4) is 12.3 Å². The van der Waals surface area contributed by atoms with Crippen LogP contribution in [-0.4, -0.2) is 40.0 Å². The second kappa shape index (κ2) is 13.2. The molecule has 0 aromatic heterocycles. The van der Waals surface area contributed by atoms with Crippen LogP contribution in [0.25, 0.3) is 0 Å². The van der Waals surface area contributed by atoms with Gasteiger partial charge in [-0.2, -0.15) is 0 Å². The number of halogens is 1. The number of nitrogens with zero attached hydrogens (tertiary/aromatic N) is 1. The first-order chi connectivity index (χ1) is 18.5. The zero-order chi connectivity index (χ0) is 30.4. The molecule has 2 aromatic carbocycles. The molecule has 2 aromatic rings. The van der Waals surface area contributed by atoms with Crippen molar-refractivity contribution >= 4 is 35.2 Å². The fourth-order valence-corrected chi connectivity index (χ4v) is 4.54. The van der Waals surface area contributed by atoms with Crippen molar-refractivity contribution in [1.29, 1.82) is 0 Å². The SMILES string of the molecule is C#Cc1ccc(C(C(=O)Nc2c(C)cccc2Cl)N(C(=O)C(NC(=O)OC(C)(C)C)C(C)CC)C(C)(C)C)cc1. The van der Waals surface area contributed by atoms with Gasteiger partial charge in [-0.15, -0.1) is 6.42 Å². The van der Waals surface area contributed by atoms with Crippen molar-refractivity contribution in [2.45, 2.75) is 92.0 Å². The first-order valence-electron chi connectivity index (χ1n) is 13.4. The summed E-state index contributed by atoms with van der Waals surface area (Å²) in [7, 11) is 0. The van der Waals surface area contributed by atoms with Gasteiger partial charge in [0.25, 0.3) is 5.91 Å². The number of alkyl carbamates (subject to hydrolysis) is 1. The summed E-state index contributed by atoms with van der Waals surface area (Å²) >= 11 is 6.44. The number of benzene rings is 2. The number of ether oxygens (including phenoxy) is 1. The quantitative estimate of drug-likeness (QED) is 0.340. The van der Waals surface area contributed by atoms with Crippen LogP contribution in [0.3, 0.4) is 0 Å². The number of carbonyl (C=O) groups is 3. The van der Waals surface area contributed by atoms with Gasteiger partial charge in [-0.3, -0.25) is 9.59 Å². The number of para-hydroxylation sites is 1. The summed E-state index contributed by atoms with van der Waals surface area (Å²) in [4.78, 5) is 42.9. The van der Waals surface area contributed by atoms with Crippen LogP contribution in [-0.2, 0) is 14.3 Å². The Morgan fingerprint density at radius 3 is 2.12 bits per heavy atom. The fraction of sp³-hybridized carbons (Fsp3) is 0.469. The average molecular weight is 568 g/mol. The molecule has 2 rings (SSSR count). The zero-order valence-corrected chi connectivity index (χ0v) is 25.8. The Hall–Kier alpha value is -3.50. The molecule has 0 heterocycles. The first-order valence-corrected chi connectivity index (χ1v) is 13.8. The second-order valence-corrected chi connectivity index (χ2v) is 12.4. The van der Waals surface area contributed by atoms with Crippen LogP contribution in [0, 0.1) is 25.2 Å². The summed E-state index contributed by atoms with van der Waals surface area (Å²) in [6.07, 6.45) is 5.47. The monoisotopic (exact) mass is 567 g/mol. The van der Waals surface area contributed by atoms with Crippen LogP contribution in [0.1, 0.15) is 84.5 Å². The number of terminal acetylenes is 1. The van der Waals surface area contributed by atoms with Crippen LogP contribution < -0.4 is 10.6 Å². The van der Waals surface area contributed by atoms with E-state index in [9.17, 15) is 14.4 Å². The average Bonchev–Trinajstić information content (AvgIpc) is 2.85. The Bertz CT molecular complexity index is 1230. The standard InChI is InChI=1S/C32H42ClN3O4/c1-11-20(3)26(35-30(39)40-32(8,9)10)29(38)36(31(5,6)7)27(23-18-16-22(12-2)17-19-23)28(37)34-25-21(4)14-13-15-24(25)33/h2,13-20,26-27H,11H2,1,3-10H3,(H,34,37)(H,35,39). The number of anilines is 1. The lowest BCUT2D eigenvalue weighted by molar-refractivity contribution is -0.147. The highest BCUT2D eigenvalue weighted by atomic mass is 35.5. The number of carbonyl (C=O) groups excluding carboxylic acids is 3. The molecule has 3 unspecified atom stereocenters. The van der Waals surface area contributed by atoms with E-state index in [1.165, 1.54) is 4.90 Å². The van der Waals surface area contributed by atoms with Gasteiger partial charge in [0, 0.05) is 11.1 Å². The number of hydrogen-bond donors (Lipinski definition) is 2. The normalized spacial score (nSPS) is 13.8. The number of nitrogens with one attached hydrogen (secondary N) is 2. The Balaban J connectivity index is 2.67. The highest BCUT2D eigenvalue weighted by Gasteiger charge is 2.43. The molecule has 0 saturated heterocycles. The van der Waals surface area contributed by atoms with Crippen LogP contribution in [0.15, 0.2) is 42.5 Å². The lowest BCUT2D eigenvalue weighted by Gasteiger charge is -2.44. The van der Waals surface area contributed by atoms with Gasteiger partial charge in [-0.05, 0) is 83.7 Å². The third-order valence-corrected chi connectivity index (χ3v) is 6.80. The molecule has 3 atom stereocenters. The number of amides is 3. The maximum atomic E-state index is 14.4. The first kappa shape index (κ1) is 32.7. The molecule has 3 amide bonds. The summed E-state index contributed by atoms with van der Waals surface area (Å²) < 4.78 is 5.47. The number of aryl methyl sites for hydroxylation is 1. The largest absolute Gasteiger partial charge is 0.444 e. The Labute approximate surface area is 244 Å². The molecule has 216 valence electrons. The van der Waals surface area contributed by atoms with Crippen molar-refractivity contribution in [2.75, 3.05) is 5.32 Å². The van der Waals surface area contributed by atoms with Crippen LogP contribution in [0.5, 0.6) is 0 Å². The van der Waals surface area contributed by atoms with Gasteiger partial charge in [0.1, 0.15) is 17.7 Å². The molecular formula is C32H42ClN3O4.